The Hall–Kier alpha value is -3.39. The second-order valence-corrected chi connectivity index (χ2v) is 5.67. The molecule has 2 nitrogen and oxygen atoms in total. The molecule has 0 saturated heterocycles. The molecule has 3 aromatic rings. The highest BCUT2D eigenvalue weighted by Crippen LogP contribution is 2.30. The number of phenols is 1. The molecule has 0 aliphatic rings. The summed E-state index contributed by atoms with van der Waals surface area (Å²) >= 11 is 4.35. The zero-order valence-corrected chi connectivity index (χ0v) is 14.4. The third kappa shape index (κ3) is 4.24. The first-order valence-corrected chi connectivity index (χ1v) is 8.06. The minimum atomic E-state index is -0.960. The lowest BCUT2D eigenvalue weighted by Gasteiger charge is -2.06. The van der Waals surface area contributed by atoms with Crippen molar-refractivity contribution in [1.82, 2.24) is 0 Å². The SMILES string of the molecule is Oc1ccc(C#Cc2ccc(-c3cc(F)c(N=C=S)c(F)c3)c(F)c2)cc1. The predicted molar refractivity (Wildman–Crippen MR) is 101 cm³/mol. The Kier molecular flexibility index (Phi) is 5.37. The zero-order chi connectivity index (χ0) is 19.4. The summed E-state index contributed by atoms with van der Waals surface area (Å²) in [5, 5.41) is 11.1. The van der Waals surface area contributed by atoms with Crippen LogP contribution in [0.2, 0.25) is 0 Å². The van der Waals surface area contributed by atoms with Gasteiger partial charge in [0.05, 0.1) is 5.16 Å². The van der Waals surface area contributed by atoms with Crippen LogP contribution in [0.1, 0.15) is 11.1 Å². The van der Waals surface area contributed by atoms with Gasteiger partial charge in [0.25, 0.3) is 0 Å². The van der Waals surface area contributed by atoms with Crippen LogP contribution in [0.5, 0.6) is 5.75 Å². The van der Waals surface area contributed by atoms with Gasteiger partial charge < -0.3 is 5.11 Å². The second-order valence-electron chi connectivity index (χ2n) is 5.48. The molecule has 0 spiro atoms. The standard InChI is InChI=1S/C21H10F3NOS/c22-18-9-14(2-1-13-3-6-16(26)7-4-13)5-8-17(18)15-10-19(23)21(25-12-27)20(24)11-15/h3-11,26H. The lowest BCUT2D eigenvalue weighted by molar-refractivity contribution is 0.475. The van der Waals surface area contributed by atoms with Gasteiger partial charge in [0.2, 0.25) is 0 Å². The van der Waals surface area contributed by atoms with E-state index in [1.54, 1.807) is 18.2 Å². The lowest BCUT2D eigenvalue weighted by atomic mass is 10.0. The molecular formula is C21H10F3NOS. The van der Waals surface area contributed by atoms with Gasteiger partial charge in [-0.2, -0.15) is 4.99 Å². The summed E-state index contributed by atoms with van der Waals surface area (Å²) in [6, 6.07) is 12.3. The Labute approximate surface area is 158 Å². The molecule has 1 N–H and O–H groups in total. The molecule has 0 fully saturated rings. The van der Waals surface area contributed by atoms with Gasteiger partial charge >= 0.3 is 0 Å². The van der Waals surface area contributed by atoms with Gasteiger partial charge in [-0.05, 0) is 66.3 Å². The van der Waals surface area contributed by atoms with E-state index in [4.69, 9.17) is 0 Å². The first-order chi connectivity index (χ1) is 13.0. The first-order valence-electron chi connectivity index (χ1n) is 7.66. The number of phenolic OH excluding ortho intramolecular Hbond substituents is 1. The summed E-state index contributed by atoms with van der Waals surface area (Å²) in [4.78, 5) is 3.32. The van der Waals surface area contributed by atoms with Gasteiger partial charge in [0.15, 0.2) is 11.6 Å². The smallest absolute Gasteiger partial charge is 0.153 e. The molecule has 132 valence electrons. The van der Waals surface area contributed by atoms with E-state index >= 15 is 0 Å². The summed E-state index contributed by atoms with van der Waals surface area (Å²) in [5.74, 6) is 3.16. The fourth-order valence-electron chi connectivity index (χ4n) is 2.39. The largest absolute Gasteiger partial charge is 0.508 e. The second kappa shape index (κ2) is 7.88. The van der Waals surface area contributed by atoms with Crippen LogP contribution in [-0.4, -0.2) is 10.3 Å². The summed E-state index contributed by atoms with van der Waals surface area (Å²) in [6.45, 7) is 0. The van der Waals surface area contributed by atoms with Crippen molar-refractivity contribution in [2.45, 2.75) is 0 Å². The highest BCUT2D eigenvalue weighted by atomic mass is 32.1. The summed E-state index contributed by atoms with van der Waals surface area (Å²) < 4.78 is 42.3. The number of rotatable bonds is 2. The summed E-state index contributed by atoms with van der Waals surface area (Å²) in [6.07, 6.45) is 0. The van der Waals surface area contributed by atoms with E-state index < -0.39 is 23.1 Å². The number of hydrogen-bond donors (Lipinski definition) is 1. The number of nitrogens with zero attached hydrogens (tertiary/aromatic N) is 1. The van der Waals surface area contributed by atoms with Crippen molar-refractivity contribution in [2.24, 2.45) is 4.99 Å². The maximum Gasteiger partial charge on any atom is 0.153 e. The van der Waals surface area contributed by atoms with E-state index in [0.717, 1.165) is 12.1 Å². The van der Waals surface area contributed by atoms with E-state index in [0.29, 0.717) is 11.1 Å². The number of thiocarbonyl (C=S) groups is 1. The third-order valence-corrected chi connectivity index (χ3v) is 3.76. The minimum absolute atomic E-state index is 0.0286. The maximum absolute atomic E-state index is 14.4. The number of aromatic hydroxyl groups is 1. The summed E-state index contributed by atoms with van der Waals surface area (Å²) in [7, 11) is 0. The van der Waals surface area contributed by atoms with Crippen molar-refractivity contribution in [3.63, 3.8) is 0 Å². The van der Waals surface area contributed by atoms with E-state index in [9.17, 15) is 18.3 Å². The molecule has 0 saturated carbocycles. The molecular weight excluding hydrogens is 371 g/mol. The molecule has 0 aliphatic carbocycles. The molecule has 0 atom stereocenters. The highest BCUT2D eigenvalue weighted by molar-refractivity contribution is 7.78. The van der Waals surface area contributed by atoms with E-state index in [1.165, 1.54) is 24.3 Å². The Morgan fingerprint density at radius 3 is 1.96 bits per heavy atom. The van der Waals surface area contributed by atoms with Crippen LogP contribution in [0.25, 0.3) is 11.1 Å². The van der Waals surface area contributed by atoms with Crippen molar-refractivity contribution in [2.75, 3.05) is 0 Å². The third-order valence-electron chi connectivity index (χ3n) is 3.67. The van der Waals surface area contributed by atoms with Gasteiger partial charge in [-0.15, -0.1) is 0 Å². The Balaban J connectivity index is 1.94. The van der Waals surface area contributed by atoms with E-state index in [1.807, 2.05) is 5.16 Å². The average Bonchev–Trinajstić information content (AvgIpc) is 2.64. The fourth-order valence-corrected chi connectivity index (χ4v) is 2.48. The molecule has 0 unspecified atom stereocenters. The topological polar surface area (TPSA) is 32.6 Å². The molecule has 0 aromatic heterocycles. The van der Waals surface area contributed by atoms with Crippen LogP contribution in [0.4, 0.5) is 18.9 Å². The van der Waals surface area contributed by atoms with Gasteiger partial charge in [0.1, 0.15) is 17.3 Å². The van der Waals surface area contributed by atoms with Crippen LogP contribution < -0.4 is 0 Å². The average molecular weight is 381 g/mol. The zero-order valence-electron chi connectivity index (χ0n) is 13.6. The Bertz CT molecular complexity index is 1100. The quantitative estimate of drug-likeness (QED) is 0.355. The van der Waals surface area contributed by atoms with Gasteiger partial charge in [-0.25, -0.2) is 13.2 Å². The van der Waals surface area contributed by atoms with Crippen molar-refractivity contribution in [3.8, 4) is 28.7 Å². The number of isothiocyanates is 1. The molecule has 0 heterocycles. The number of hydrogen-bond acceptors (Lipinski definition) is 3. The van der Waals surface area contributed by atoms with Crippen LogP contribution in [-0.2, 0) is 0 Å². The molecule has 0 amide bonds. The Morgan fingerprint density at radius 2 is 1.37 bits per heavy atom. The van der Waals surface area contributed by atoms with Crippen LogP contribution in [0, 0.1) is 29.3 Å². The van der Waals surface area contributed by atoms with Crippen molar-refractivity contribution in [3.05, 3.63) is 83.2 Å². The van der Waals surface area contributed by atoms with Crippen LogP contribution in [0.15, 0.2) is 59.6 Å². The van der Waals surface area contributed by atoms with Gasteiger partial charge in [-0.1, -0.05) is 17.9 Å². The lowest BCUT2D eigenvalue weighted by Crippen LogP contribution is -1.90. The monoisotopic (exact) mass is 381 g/mol. The fraction of sp³-hybridized carbons (Fsp3) is 0. The summed E-state index contributed by atoms with van der Waals surface area (Å²) in [5.41, 5.74) is 0.540. The predicted octanol–water partition coefficient (Wildman–Crippen LogP) is 5.61. The number of benzene rings is 3. The van der Waals surface area contributed by atoms with Crippen molar-refractivity contribution >= 4 is 23.1 Å². The molecule has 0 aliphatic heterocycles. The molecule has 6 heteroatoms. The molecule has 0 radical (unpaired) electrons. The van der Waals surface area contributed by atoms with Crippen LogP contribution >= 0.6 is 12.2 Å². The number of halogens is 3. The molecule has 27 heavy (non-hydrogen) atoms. The highest BCUT2D eigenvalue weighted by Gasteiger charge is 2.14. The van der Waals surface area contributed by atoms with Gasteiger partial charge in [-0.3, -0.25) is 0 Å². The van der Waals surface area contributed by atoms with Crippen molar-refractivity contribution < 1.29 is 18.3 Å². The molecule has 3 rings (SSSR count). The number of aliphatic imine (C=N–C) groups is 1. The van der Waals surface area contributed by atoms with Crippen molar-refractivity contribution in [1.29, 1.82) is 0 Å². The Morgan fingerprint density at radius 1 is 0.778 bits per heavy atom. The van der Waals surface area contributed by atoms with Gasteiger partial charge in [0, 0.05) is 16.7 Å². The van der Waals surface area contributed by atoms with Crippen LogP contribution in [0.3, 0.4) is 0 Å². The maximum atomic E-state index is 14.4. The normalized spacial score (nSPS) is 9.89. The molecule has 0 bridgehead atoms. The molecule has 3 aromatic carbocycles. The minimum Gasteiger partial charge on any atom is -0.508 e. The van der Waals surface area contributed by atoms with E-state index in [2.05, 4.69) is 29.1 Å². The first kappa shape index (κ1) is 18.4. The van der Waals surface area contributed by atoms with E-state index in [-0.39, 0.29) is 16.9 Å².